The van der Waals surface area contributed by atoms with Crippen LogP contribution in [-0.4, -0.2) is 32.0 Å². The van der Waals surface area contributed by atoms with Crippen molar-refractivity contribution in [1.82, 2.24) is 5.32 Å². The van der Waals surface area contributed by atoms with E-state index in [0.717, 1.165) is 5.56 Å². The average molecular weight is 348 g/mol. The number of nitrogens with zero attached hydrogens (tertiary/aromatic N) is 1. The zero-order valence-corrected chi connectivity index (χ0v) is 14.6. The van der Waals surface area contributed by atoms with Crippen LogP contribution >= 0.6 is 0 Å². The third-order valence-electron chi connectivity index (χ3n) is 4.23. The van der Waals surface area contributed by atoms with Crippen molar-refractivity contribution in [1.29, 1.82) is 0 Å². The van der Waals surface area contributed by atoms with Gasteiger partial charge in [-0.25, -0.2) is 0 Å². The molecule has 0 spiro atoms. The quantitative estimate of drug-likeness (QED) is 0.862. The van der Waals surface area contributed by atoms with Crippen LogP contribution in [0.25, 0.3) is 0 Å². The summed E-state index contributed by atoms with van der Waals surface area (Å²) in [6, 6.07) is 16.9. The van der Waals surface area contributed by atoms with Crippen molar-refractivity contribution in [3.8, 4) is 17.6 Å². The highest BCUT2D eigenvalue weighted by atomic mass is 16.5. The van der Waals surface area contributed by atoms with Crippen LogP contribution in [0.4, 0.5) is 5.69 Å². The Morgan fingerprint density at radius 3 is 2.69 bits per heavy atom. The number of rotatable bonds is 4. The molecule has 1 fully saturated rings. The number of hydrogen-bond acceptors (Lipinski definition) is 3. The summed E-state index contributed by atoms with van der Waals surface area (Å²) in [4.78, 5) is 26.3. The molecule has 0 bridgehead atoms. The zero-order chi connectivity index (χ0) is 18.4. The van der Waals surface area contributed by atoms with E-state index in [-0.39, 0.29) is 30.7 Å². The van der Waals surface area contributed by atoms with Crippen LogP contribution in [0.3, 0.4) is 0 Å². The first-order chi connectivity index (χ1) is 12.7. The number of methoxy groups -OCH3 is 1. The topological polar surface area (TPSA) is 58.6 Å². The number of para-hydroxylation sites is 2. The second kappa shape index (κ2) is 8.21. The van der Waals surface area contributed by atoms with E-state index < -0.39 is 0 Å². The summed E-state index contributed by atoms with van der Waals surface area (Å²) in [5, 5.41) is 2.79. The van der Waals surface area contributed by atoms with Gasteiger partial charge in [0, 0.05) is 18.5 Å². The second-order valence-corrected chi connectivity index (χ2v) is 5.96. The number of amides is 2. The lowest BCUT2D eigenvalue weighted by Gasteiger charge is -2.19. The Morgan fingerprint density at radius 1 is 1.19 bits per heavy atom. The minimum atomic E-state index is -0.383. The Bertz CT molecular complexity index is 852. The molecule has 0 radical (unpaired) electrons. The number of carbonyl (C=O) groups excluding carboxylic acids is 2. The summed E-state index contributed by atoms with van der Waals surface area (Å²) >= 11 is 0. The second-order valence-electron chi connectivity index (χ2n) is 5.96. The fourth-order valence-corrected chi connectivity index (χ4v) is 2.91. The van der Waals surface area contributed by atoms with E-state index in [1.807, 2.05) is 48.5 Å². The minimum absolute atomic E-state index is 0.0787. The van der Waals surface area contributed by atoms with Crippen molar-refractivity contribution in [2.45, 2.75) is 6.42 Å². The van der Waals surface area contributed by atoms with Gasteiger partial charge in [0.1, 0.15) is 5.75 Å². The molecule has 1 atom stereocenters. The Kier molecular flexibility index (Phi) is 5.55. The minimum Gasteiger partial charge on any atom is -0.495 e. The predicted octanol–water partition coefficient (Wildman–Crippen LogP) is 2.22. The predicted molar refractivity (Wildman–Crippen MR) is 99.8 cm³/mol. The smallest absolute Gasteiger partial charge is 0.227 e. The third-order valence-corrected chi connectivity index (χ3v) is 4.23. The van der Waals surface area contributed by atoms with E-state index in [0.29, 0.717) is 18.0 Å². The third kappa shape index (κ3) is 4.04. The molecule has 1 aliphatic rings. The fourth-order valence-electron chi connectivity index (χ4n) is 2.91. The number of nitrogens with one attached hydrogen (secondary N) is 1. The maximum Gasteiger partial charge on any atom is 0.227 e. The van der Waals surface area contributed by atoms with E-state index in [1.165, 1.54) is 0 Å². The van der Waals surface area contributed by atoms with Crippen LogP contribution in [0.5, 0.6) is 5.75 Å². The Labute approximate surface area is 153 Å². The molecule has 3 rings (SSSR count). The molecule has 1 heterocycles. The molecule has 2 amide bonds. The lowest BCUT2D eigenvalue weighted by molar-refractivity contribution is -0.126. The van der Waals surface area contributed by atoms with Gasteiger partial charge in [-0.3, -0.25) is 9.59 Å². The van der Waals surface area contributed by atoms with Crippen molar-refractivity contribution >= 4 is 17.5 Å². The number of carbonyl (C=O) groups is 2. The van der Waals surface area contributed by atoms with Gasteiger partial charge in [0.25, 0.3) is 0 Å². The molecule has 0 unspecified atom stereocenters. The zero-order valence-electron chi connectivity index (χ0n) is 14.6. The summed E-state index contributed by atoms with van der Waals surface area (Å²) in [5.74, 6) is 5.92. The van der Waals surface area contributed by atoms with Crippen molar-refractivity contribution in [2.24, 2.45) is 5.92 Å². The van der Waals surface area contributed by atoms with Crippen LogP contribution in [0, 0.1) is 17.8 Å². The molecule has 5 nitrogen and oxygen atoms in total. The Balaban J connectivity index is 1.58. The maximum absolute atomic E-state index is 12.3. The number of ether oxygens (including phenoxy) is 1. The lowest BCUT2D eigenvalue weighted by Crippen LogP contribution is -2.33. The van der Waals surface area contributed by atoms with Crippen molar-refractivity contribution in [3.05, 3.63) is 60.2 Å². The van der Waals surface area contributed by atoms with Gasteiger partial charge in [-0.15, -0.1) is 0 Å². The van der Waals surface area contributed by atoms with Crippen molar-refractivity contribution < 1.29 is 14.3 Å². The van der Waals surface area contributed by atoms with Gasteiger partial charge < -0.3 is 15.0 Å². The lowest BCUT2D eigenvalue weighted by atomic mass is 10.1. The highest BCUT2D eigenvalue weighted by Crippen LogP contribution is 2.32. The molecule has 2 aromatic rings. The largest absolute Gasteiger partial charge is 0.495 e. The molecule has 1 aliphatic heterocycles. The summed E-state index contributed by atoms with van der Waals surface area (Å²) < 4.78 is 5.31. The Morgan fingerprint density at radius 2 is 1.92 bits per heavy atom. The van der Waals surface area contributed by atoms with Gasteiger partial charge in [0.05, 0.1) is 25.3 Å². The van der Waals surface area contributed by atoms with Crippen molar-refractivity contribution in [2.75, 3.05) is 25.1 Å². The van der Waals surface area contributed by atoms with Crippen LogP contribution in [0.1, 0.15) is 12.0 Å². The number of benzene rings is 2. The van der Waals surface area contributed by atoms with Crippen LogP contribution in [0.15, 0.2) is 54.6 Å². The van der Waals surface area contributed by atoms with Gasteiger partial charge in [0.15, 0.2) is 0 Å². The van der Waals surface area contributed by atoms with Gasteiger partial charge in [0.2, 0.25) is 11.8 Å². The monoisotopic (exact) mass is 348 g/mol. The molecule has 0 saturated carbocycles. The maximum atomic E-state index is 12.3. The average Bonchev–Trinajstić information content (AvgIpc) is 3.07. The van der Waals surface area contributed by atoms with Gasteiger partial charge in [-0.2, -0.15) is 0 Å². The molecule has 0 aliphatic carbocycles. The first-order valence-electron chi connectivity index (χ1n) is 8.44. The van der Waals surface area contributed by atoms with Crippen LogP contribution in [0.2, 0.25) is 0 Å². The molecule has 1 N–H and O–H groups in total. The van der Waals surface area contributed by atoms with Gasteiger partial charge >= 0.3 is 0 Å². The normalized spacial score (nSPS) is 16.0. The molecule has 2 aromatic carbocycles. The molecule has 26 heavy (non-hydrogen) atoms. The molecule has 1 saturated heterocycles. The Hall–Kier alpha value is -3.26. The molecule has 5 heteroatoms. The molecule has 132 valence electrons. The highest BCUT2D eigenvalue weighted by molar-refractivity contribution is 6.01. The van der Waals surface area contributed by atoms with Crippen LogP contribution in [-0.2, 0) is 9.59 Å². The standard InChI is InChI=1S/C21H20N2O3/c1-26-19-12-6-5-11-18(19)23-15-17(14-20(23)24)21(25)22-13-7-10-16-8-3-2-4-9-16/h2-6,8-9,11-12,17H,13-15H2,1H3,(H,22,25)/t17-/m1/s1. The van der Waals surface area contributed by atoms with Crippen LogP contribution < -0.4 is 15.0 Å². The molecular formula is C21H20N2O3. The first kappa shape index (κ1) is 17.6. The van der Waals surface area contributed by atoms with E-state index in [1.54, 1.807) is 18.1 Å². The summed E-state index contributed by atoms with van der Waals surface area (Å²) in [6.45, 7) is 0.601. The van der Waals surface area contributed by atoms with E-state index in [4.69, 9.17) is 4.74 Å². The van der Waals surface area contributed by atoms with E-state index in [2.05, 4.69) is 17.2 Å². The fraction of sp³-hybridized carbons (Fsp3) is 0.238. The highest BCUT2D eigenvalue weighted by Gasteiger charge is 2.35. The molecule has 0 aromatic heterocycles. The van der Waals surface area contributed by atoms with Gasteiger partial charge in [-0.05, 0) is 24.3 Å². The van der Waals surface area contributed by atoms with E-state index in [9.17, 15) is 9.59 Å². The summed E-state index contributed by atoms with van der Waals surface area (Å²) in [5.41, 5.74) is 1.60. The van der Waals surface area contributed by atoms with Crippen molar-refractivity contribution in [3.63, 3.8) is 0 Å². The number of anilines is 1. The summed E-state index contributed by atoms with van der Waals surface area (Å²) in [6.07, 6.45) is 0.190. The molecular weight excluding hydrogens is 328 g/mol. The van der Waals surface area contributed by atoms with Gasteiger partial charge in [-0.1, -0.05) is 42.2 Å². The van der Waals surface area contributed by atoms with E-state index >= 15 is 0 Å². The number of hydrogen-bond donors (Lipinski definition) is 1. The SMILES string of the molecule is COc1ccccc1N1C[C@H](C(=O)NCC#Cc2ccccc2)CC1=O. The first-order valence-corrected chi connectivity index (χ1v) is 8.44. The summed E-state index contributed by atoms with van der Waals surface area (Å²) in [7, 11) is 1.56.